The standard InChI is InChI=1S/C15H23NO3S/c1-4-10-16(11-5-2)15(17)12-20(18,19)14-8-6-13(3)7-9-14/h6-9H,4-5,10-12H2,1-3H3. The molecule has 0 aliphatic carbocycles. The van der Waals surface area contributed by atoms with Gasteiger partial charge in [-0.2, -0.15) is 0 Å². The van der Waals surface area contributed by atoms with Crippen LogP contribution in [0.1, 0.15) is 32.3 Å². The van der Waals surface area contributed by atoms with E-state index in [-0.39, 0.29) is 10.8 Å². The van der Waals surface area contributed by atoms with Crippen LogP contribution in [0.4, 0.5) is 0 Å². The lowest BCUT2D eigenvalue weighted by Crippen LogP contribution is -2.36. The molecule has 0 fully saturated rings. The largest absolute Gasteiger partial charge is 0.342 e. The van der Waals surface area contributed by atoms with Crippen molar-refractivity contribution in [2.45, 2.75) is 38.5 Å². The lowest BCUT2D eigenvalue weighted by Gasteiger charge is -2.21. The summed E-state index contributed by atoms with van der Waals surface area (Å²) < 4.78 is 24.4. The molecule has 0 aromatic heterocycles. The molecule has 0 saturated carbocycles. The number of hydrogen-bond acceptors (Lipinski definition) is 3. The summed E-state index contributed by atoms with van der Waals surface area (Å²) in [6.45, 7) is 7.06. The van der Waals surface area contributed by atoms with E-state index in [9.17, 15) is 13.2 Å². The number of benzene rings is 1. The lowest BCUT2D eigenvalue weighted by atomic mass is 10.2. The maximum absolute atomic E-state index is 12.2. The normalized spacial score (nSPS) is 11.3. The molecule has 20 heavy (non-hydrogen) atoms. The van der Waals surface area contributed by atoms with E-state index >= 15 is 0 Å². The van der Waals surface area contributed by atoms with E-state index in [1.54, 1.807) is 29.2 Å². The van der Waals surface area contributed by atoms with Crippen molar-refractivity contribution < 1.29 is 13.2 Å². The van der Waals surface area contributed by atoms with Gasteiger partial charge in [0.15, 0.2) is 9.84 Å². The summed E-state index contributed by atoms with van der Waals surface area (Å²) in [6.07, 6.45) is 1.66. The first kappa shape index (κ1) is 16.7. The van der Waals surface area contributed by atoms with Crippen LogP contribution in [-0.4, -0.2) is 38.1 Å². The van der Waals surface area contributed by atoms with Gasteiger partial charge in [0.25, 0.3) is 0 Å². The maximum atomic E-state index is 12.2. The Balaban J connectivity index is 2.84. The summed E-state index contributed by atoms with van der Waals surface area (Å²) in [5.74, 6) is -0.759. The highest BCUT2D eigenvalue weighted by Gasteiger charge is 2.22. The Morgan fingerprint density at radius 1 is 1.05 bits per heavy atom. The highest BCUT2D eigenvalue weighted by Crippen LogP contribution is 2.13. The summed E-state index contributed by atoms with van der Waals surface area (Å²) in [4.78, 5) is 14.0. The number of carbonyl (C=O) groups is 1. The molecule has 0 N–H and O–H groups in total. The molecule has 1 amide bonds. The van der Waals surface area contributed by atoms with Gasteiger partial charge in [0, 0.05) is 13.1 Å². The molecule has 1 aromatic carbocycles. The second-order valence-electron chi connectivity index (χ2n) is 4.95. The number of amides is 1. The molecule has 0 aliphatic rings. The van der Waals surface area contributed by atoms with Crippen LogP contribution in [0.5, 0.6) is 0 Å². The minimum atomic E-state index is -3.55. The third kappa shape index (κ3) is 4.63. The Morgan fingerprint density at radius 2 is 1.55 bits per heavy atom. The van der Waals surface area contributed by atoms with Crippen LogP contribution in [0.25, 0.3) is 0 Å². The van der Waals surface area contributed by atoms with E-state index < -0.39 is 15.6 Å². The van der Waals surface area contributed by atoms with Gasteiger partial charge in [0.05, 0.1) is 4.90 Å². The van der Waals surface area contributed by atoms with Gasteiger partial charge in [0.2, 0.25) is 5.91 Å². The first-order valence-electron chi connectivity index (χ1n) is 6.98. The summed E-state index contributed by atoms with van der Waals surface area (Å²) in [5, 5.41) is 0. The molecule has 0 spiro atoms. The van der Waals surface area contributed by atoms with Crippen LogP contribution in [-0.2, 0) is 14.6 Å². The second kappa shape index (κ2) is 7.43. The molecular weight excluding hydrogens is 274 g/mol. The molecule has 0 bridgehead atoms. The molecule has 4 nitrogen and oxygen atoms in total. The third-order valence-corrected chi connectivity index (χ3v) is 4.65. The predicted molar refractivity (Wildman–Crippen MR) is 80.4 cm³/mol. The monoisotopic (exact) mass is 297 g/mol. The highest BCUT2D eigenvalue weighted by atomic mass is 32.2. The van der Waals surface area contributed by atoms with Crippen molar-refractivity contribution >= 4 is 15.7 Å². The molecule has 0 aliphatic heterocycles. The zero-order valence-corrected chi connectivity index (χ0v) is 13.2. The van der Waals surface area contributed by atoms with E-state index in [0.29, 0.717) is 13.1 Å². The van der Waals surface area contributed by atoms with Crippen molar-refractivity contribution in [2.75, 3.05) is 18.8 Å². The van der Waals surface area contributed by atoms with Crippen LogP contribution >= 0.6 is 0 Å². The zero-order chi connectivity index (χ0) is 15.2. The fourth-order valence-electron chi connectivity index (χ4n) is 1.98. The van der Waals surface area contributed by atoms with Crippen LogP contribution in [0.3, 0.4) is 0 Å². The second-order valence-corrected chi connectivity index (χ2v) is 6.94. The SMILES string of the molecule is CCCN(CCC)C(=O)CS(=O)(=O)c1ccc(C)cc1. The van der Waals surface area contributed by atoms with Crippen molar-refractivity contribution in [2.24, 2.45) is 0 Å². The number of sulfone groups is 1. The van der Waals surface area contributed by atoms with E-state index in [1.165, 1.54) is 0 Å². The minimum Gasteiger partial charge on any atom is -0.342 e. The van der Waals surface area contributed by atoms with Gasteiger partial charge in [0.1, 0.15) is 5.75 Å². The van der Waals surface area contributed by atoms with Crippen molar-refractivity contribution in [3.05, 3.63) is 29.8 Å². The molecule has 5 heteroatoms. The first-order chi connectivity index (χ1) is 9.40. The van der Waals surface area contributed by atoms with Gasteiger partial charge in [-0.05, 0) is 31.9 Å². The Hall–Kier alpha value is -1.36. The van der Waals surface area contributed by atoms with Crippen LogP contribution in [0, 0.1) is 6.92 Å². The molecule has 112 valence electrons. The fourth-order valence-corrected chi connectivity index (χ4v) is 3.21. The van der Waals surface area contributed by atoms with Gasteiger partial charge in [-0.1, -0.05) is 31.5 Å². The maximum Gasteiger partial charge on any atom is 0.238 e. The highest BCUT2D eigenvalue weighted by molar-refractivity contribution is 7.92. The minimum absolute atomic E-state index is 0.212. The van der Waals surface area contributed by atoms with E-state index in [0.717, 1.165) is 18.4 Å². The summed E-state index contributed by atoms with van der Waals surface area (Å²) in [7, 11) is -3.55. The average molecular weight is 297 g/mol. The quantitative estimate of drug-likeness (QED) is 0.776. The molecule has 0 radical (unpaired) electrons. The number of rotatable bonds is 7. The molecular formula is C15H23NO3S. The number of hydrogen-bond donors (Lipinski definition) is 0. The zero-order valence-electron chi connectivity index (χ0n) is 12.4. The van der Waals surface area contributed by atoms with Crippen molar-refractivity contribution in [1.82, 2.24) is 4.90 Å². The number of nitrogens with zero attached hydrogens (tertiary/aromatic N) is 1. The van der Waals surface area contributed by atoms with Gasteiger partial charge in [-0.25, -0.2) is 8.42 Å². The third-order valence-electron chi connectivity index (χ3n) is 3.03. The van der Waals surface area contributed by atoms with E-state index in [2.05, 4.69) is 0 Å². The average Bonchev–Trinajstić information content (AvgIpc) is 2.38. The lowest BCUT2D eigenvalue weighted by molar-refractivity contribution is -0.128. The van der Waals surface area contributed by atoms with Crippen LogP contribution in [0.15, 0.2) is 29.2 Å². The van der Waals surface area contributed by atoms with Crippen LogP contribution < -0.4 is 0 Å². The molecule has 0 unspecified atom stereocenters. The van der Waals surface area contributed by atoms with Crippen molar-refractivity contribution in [1.29, 1.82) is 0 Å². The number of aryl methyl sites for hydroxylation is 1. The topological polar surface area (TPSA) is 54.5 Å². The van der Waals surface area contributed by atoms with E-state index in [4.69, 9.17) is 0 Å². The van der Waals surface area contributed by atoms with Gasteiger partial charge >= 0.3 is 0 Å². The van der Waals surface area contributed by atoms with Crippen LogP contribution in [0.2, 0.25) is 0 Å². The molecule has 0 atom stereocenters. The van der Waals surface area contributed by atoms with Gasteiger partial charge < -0.3 is 4.90 Å². The Morgan fingerprint density at radius 3 is 2.00 bits per heavy atom. The Bertz CT molecular complexity index is 529. The summed E-state index contributed by atoms with van der Waals surface area (Å²) >= 11 is 0. The number of carbonyl (C=O) groups excluding carboxylic acids is 1. The first-order valence-corrected chi connectivity index (χ1v) is 8.63. The van der Waals surface area contributed by atoms with E-state index in [1.807, 2.05) is 20.8 Å². The Labute approximate surface area is 121 Å². The van der Waals surface area contributed by atoms with Crippen molar-refractivity contribution in [3.63, 3.8) is 0 Å². The fraction of sp³-hybridized carbons (Fsp3) is 0.533. The molecule has 1 aromatic rings. The summed E-state index contributed by atoms with van der Waals surface area (Å²) in [5.41, 5.74) is 0.994. The summed E-state index contributed by atoms with van der Waals surface area (Å²) in [6, 6.07) is 6.60. The molecule has 1 rings (SSSR count). The predicted octanol–water partition coefficient (Wildman–Crippen LogP) is 2.42. The van der Waals surface area contributed by atoms with Gasteiger partial charge in [-0.15, -0.1) is 0 Å². The molecule has 0 heterocycles. The van der Waals surface area contributed by atoms with Gasteiger partial charge in [-0.3, -0.25) is 4.79 Å². The Kier molecular flexibility index (Phi) is 6.20. The van der Waals surface area contributed by atoms with Crippen molar-refractivity contribution in [3.8, 4) is 0 Å². The smallest absolute Gasteiger partial charge is 0.238 e. The molecule has 0 saturated heterocycles.